The molecule has 1 aliphatic heterocycles. The first kappa shape index (κ1) is 22.9. The number of amides is 1. The molecule has 1 amide bonds. The van der Waals surface area contributed by atoms with Crippen molar-refractivity contribution in [3.05, 3.63) is 52.0 Å². The van der Waals surface area contributed by atoms with Gasteiger partial charge in [0.05, 0.1) is 23.6 Å². The summed E-state index contributed by atoms with van der Waals surface area (Å²) in [5, 5.41) is 3.53. The maximum atomic E-state index is 13.0. The number of carbonyl (C=O) groups is 1. The highest BCUT2D eigenvalue weighted by Crippen LogP contribution is 2.31. The van der Waals surface area contributed by atoms with E-state index >= 15 is 0 Å². The van der Waals surface area contributed by atoms with Crippen LogP contribution in [0.15, 0.2) is 41.3 Å². The molecule has 2 aromatic carbocycles. The number of piperidine rings is 1. The lowest BCUT2D eigenvalue weighted by molar-refractivity contribution is -0.115. The third-order valence-electron chi connectivity index (χ3n) is 4.88. The zero-order chi connectivity index (χ0) is 21.7. The fraction of sp³-hybridized carbons (Fsp3) is 0.381. The van der Waals surface area contributed by atoms with E-state index in [1.165, 1.54) is 16.4 Å². The number of hydrogen-bond donors (Lipinski definition) is 1. The van der Waals surface area contributed by atoms with Crippen molar-refractivity contribution in [2.45, 2.75) is 37.5 Å². The Bertz CT molecular complexity index is 1000. The minimum Gasteiger partial charge on any atom is -0.492 e. The fourth-order valence-electron chi connectivity index (χ4n) is 3.36. The largest absolute Gasteiger partial charge is 0.492 e. The van der Waals surface area contributed by atoms with Gasteiger partial charge in [-0.3, -0.25) is 4.79 Å². The van der Waals surface area contributed by atoms with E-state index in [-0.39, 0.29) is 17.2 Å². The Hall–Kier alpha value is -1.80. The Morgan fingerprint density at radius 1 is 1.10 bits per heavy atom. The zero-order valence-electron chi connectivity index (χ0n) is 16.7. The van der Waals surface area contributed by atoms with Crippen molar-refractivity contribution in [3.63, 3.8) is 0 Å². The molecule has 162 valence electrons. The Labute approximate surface area is 187 Å². The van der Waals surface area contributed by atoms with E-state index in [2.05, 4.69) is 5.32 Å². The average Bonchev–Trinajstić information content (AvgIpc) is 2.73. The van der Waals surface area contributed by atoms with Crippen molar-refractivity contribution in [2.24, 2.45) is 0 Å². The van der Waals surface area contributed by atoms with E-state index < -0.39 is 10.0 Å². The number of nitrogens with one attached hydrogen (secondary N) is 1. The van der Waals surface area contributed by atoms with Gasteiger partial charge in [-0.25, -0.2) is 8.42 Å². The standard InChI is InChI=1S/C21H24Cl2N2O4S/c1-2-29-20-10-9-15(30(27,28)25-11-4-3-5-12-25)13-19(20)24-21(26)14-16-17(22)7-6-8-18(16)23/h6-10,13H,2-5,11-12,14H2,1H3,(H,24,26). The van der Waals surface area contributed by atoms with Gasteiger partial charge >= 0.3 is 0 Å². The number of nitrogens with zero attached hydrogens (tertiary/aromatic N) is 1. The third kappa shape index (κ3) is 5.27. The monoisotopic (exact) mass is 470 g/mol. The molecule has 6 nitrogen and oxygen atoms in total. The summed E-state index contributed by atoms with van der Waals surface area (Å²) in [6.07, 6.45) is 2.67. The molecular formula is C21H24Cl2N2O4S. The van der Waals surface area contributed by atoms with E-state index in [1.54, 1.807) is 24.3 Å². The van der Waals surface area contributed by atoms with Crippen molar-refractivity contribution < 1.29 is 17.9 Å². The molecule has 1 fully saturated rings. The van der Waals surface area contributed by atoms with Crippen molar-refractivity contribution in [1.82, 2.24) is 4.31 Å². The van der Waals surface area contributed by atoms with Gasteiger partial charge in [-0.2, -0.15) is 4.31 Å². The van der Waals surface area contributed by atoms with Crippen molar-refractivity contribution in [1.29, 1.82) is 0 Å². The molecule has 0 aliphatic carbocycles. The molecule has 0 unspecified atom stereocenters. The molecule has 0 radical (unpaired) electrons. The number of anilines is 1. The highest BCUT2D eigenvalue weighted by atomic mass is 35.5. The second-order valence-corrected chi connectivity index (χ2v) is 9.73. The summed E-state index contributed by atoms with van der Waals surface area (Å²) in [5.41, 5.74) is 0.802. The van der Waals surface area contributed by atoms with Crippen LogP contribution in [0.25, 0.3) is 0 Å². The number of ether oxygens (including phenoxy) is 1. The molecule has 0 atom stereocenters. The molecule has 0 aromatic heterocycles. The van der Waals surface area contributed by atoms with Crippen LogP contribution >= 0.6 is 23.2 Å². The summed E-state index contributed by atoms with van der Waals surface area (Å²) < 4.78 is 33.1. The maximum absolute atomic E-state index is 13.0. The first-order valence-electron chi connectivity index (χ1n) is 9.82. The SMILES string of the molecule is CCOc1ccc(S(=O)(=O)N2CCCCC2)cc1NC(=O)Cc1c(Cl)cccc1Cl. The number of carbonyl (C=O) groups excluding carboxylic acids is 1. The lowest BCUT2D eigenvalue weighted by Gasteiger charge is -2.26. The molecule has 1 saturated heterocycles. The molecule has 0 spiro atoms. The normalized spacial score (nSPS) is 15.0. The molecule has 1 aliphatic rings. The van der Waals surface area contributed by atoms with E-state index in [0.29, 0.717) is 46.7 Å². The number of rotatable bonds is 7. The topological polar surface area (TPSA) is 75.7 Å². The minimum absolute atomic E-state index is 0.0484. The van der Waals surface area contributed by atoms with Gasteiger partial charge in [0.1, 0.15) is 5.75 Å². The molecule has 0 bridgehead atoms. The fourth-order valence-corrected chi connectivity index (χ4v) is 5.43. The van der Waals surface area contributed by atoms with Gasteiger partial charge in [0.25, 0.3) is 0 Å². The number of benzene rings is 2. The Morgan fingerprint density at radius 3 is 2.40 bits per heavy atom. The highest BCUT2D eigenvalue weighted by Gasteiger charge is 2.27. The molecule has 9 heteroatoms. The van der Waals surface area contributed by atoms with Crippen molar-refractivity contribution in [2.75, 3.05) is 25.0 Å². The van der Waals surface area contributed by atoms with Crippen LogP contribution in [0.2, 0.25) is 10.0 Å². The van der Waals surface area contributed by atoms with Crippen molar-refractivity contribution in [3.8, 4) is 5.75 Å². The number of hydrogen-bond acceptors (Lipinski definition) is 4. The van der Waals surface area contributed by atoms with Crippen LogP contribution in [-0.2, 0) is 21.2 Å². The lowest BCUT2D eigenvalue weighted by Crippen LogP contribution is -2.35. The van der Waals surface area contributed by atoms with E-state index in [0.717, 1.165) is 19.3 Å². The van der Waals surface area contributed by atoms with Gasteiger partial charge in [-0.15, -0.1) is 0 Å². The average molecular weight is 471 g/mol. The molecule has 1 heterocycles. The second kappa shape index (κ2) is 10.0. The van der Waals surface area contributed by atoms with E-state index in [9.17, 15) is 13.2 Å². The van der Waals surface area contributed by atoms with Gasteiger partial charge in [0.2, 0.25) is 15.9 Å². The van der Waals surface area contributed by atoms with Crippen LogP contribution in [0.4, 0.5) is 5.69 Å². The Balaban J connectivity index is 1.87. The smallest absolute Gasteiger partial charge is 0.243 e. The Kier molecular flexibility index (Phi) is 7.63. The first-order valence-corrected chi connectivity index (χ1v) is 12.0. The number of halogens is 2. The van der Waals surface area contributed by atoms with Gasteiger partial charge in [0, 0.05) is 23.1 Å². The summed E-state index contributed by atoms with van der Waals surface area (Å²) in [5.74, 6) is 0.0205. The van der Waals surface area contributed by atoms with Crippen LogP contribution in [0.3, 0.4) is 0 Å². The molecule has 2 aromatic rings. The van der Waals surface area contributed by atoms with Gasteiger partial charge in [0.15, 0.2) is 0 Å². The molecule has 1 N–H and O–H groups in total. The molecular weight excluding hydrogens is 447 g/mol. The van der Waals surface area contributed by atoms with E-state index in [4.69, 9.17) is 27.9 Å². The zero-order valence-corrected chi connectivity index (χ0v) is 19.0. The summed E-state index contributed by atoms with van der Waals surface area (Å²) in [7, 11) is -3.64. The minimum atomic E-state index is -3.64. The third-order valence-corrected chi connectivity index (χ3v) is 7.48. The van der Waals surface area contributed by atoms with E-state index in [1.807, 2.05) is 6.92 Å². The predicted molar refractivity (Wildman–Crippen MR) is 119 cm³/mol. The summed E-state index contributed by atoms with van der Waals surface area (Å²) in [6.45, 7) is 3.19. The quantitative estimate of drug-likeness (QED) is 0.633. The maximum Gasteiger partial charge on any atom is 0.243 e. The Morgan fingerprint density at radius 2 is 1.77 bits per heavy atom. The second-order valence-electron chi connectivity index (χ2n) is 6.98. The lowest BCUT2D eigenvalue weighted by atomic mass is 10.1. The first-order chi connectivity index (χ1) is 14.3. The van der Waals surface area contributed by atoms with Gasteiger partial charge in [-0.1, -0.05) is 35.7 Å². The summed E-state index contributed by atoms with van der Waals surface area (Å²) >= 11 is 12.3. The summed E-state index contributed by atoms with van der Waals surface area (Å²) in [4.78, 5) is 12.8. The molecule has 0 saturated carbocycles. The van der Waals surface area contributed by atoms with Crippen LogP contribution < -0.4 is 10.1 Å². The van der Waals surface area contributed by atoms with Crippen LogP contribution in [-0.4, -0.2) is 38.3 Å². The number of sulfonamides is 1. The van der Waals surface area contributed by atoms with Crippen molar-refractivity contribution >= 4 is 44.8 Å². The molecule has 3 rings (SSSR count). The van der Waals surface area contributed by atoms with Gasteiger partial charge < -0.3 is 10.1 Å². The van der Waals surface area contributed by atoms with Crippen LogP contribution in [0.5, 0.6) is 5.75 Å². The van der Waals surface area contributed by atoms with Gasteiger partial charge in [-0.05, 0) is 55.7 Å². The predicted octanol–water partition coefficient (Wildman–Crippen LogP) is 4.75. The highest BCUT2D eigenvalue weighted by molar-refractivity contribution is 7.89. The molecule has 30 heavy (non-hydrogen) atoms. The van der Waals surface area contributed by atoms with Crippen LogP contribution in [0, 0.1) is 0 Å². The summed E-state index contributed by atoms with van der Waals surface area (Å²) in [6, 6.07) is 9.55. The van der Waals surface area contributed by atoms with Crippen LogP contribution in [0.1, 0.15) is 31.7 Å².